The molecule has 1 aromatic rings. The van der Waals surface area contributed by atoms with Gasteiger partial charge in [0, 0.05) is 31.5 Å². The number of likely N-dealkylation sites (N-methyl/N-ethyl adjacent to an activating group) is 1. The lowest BCUT2D eigenvalue weighted by Crippen LogP contribution is -2.44. The monoisotopic (exact) mass is 265 g/mol. The van der Waals surface area contributed by atoms with Crippen molar-refractivity contribution in [1.82, 2.24) is 9.88 Å². The average Bonchev–Trinajstić information content (AvgIpc) is 2.42. The maximum absolute atomic E-state index is 5.99. The van der Waals surface area contributed by atoms with Gasteiger partial charge in [0.05, 0.1) is 0 Å². The van der Waals surface area contributed by atoms with E-state index in [9.17, 15) is 0 Å². The van der Waals surface area contributed by atoms with Crippen molar-refractivity contribution in [3.63, 3.8) is 0 Å². The van der Waals surface area contributed by atoms with Crippen LogP contribution in [0.3, 0.4) is 0 Å². The molecule has 3 nitrogen and oxygen atoms in total. The predicted molar refractivity (Wildman–Crippen MR) is 78.6 cm³/mol. The first-order valence-corrected chi connectivity index (χ1v) is 7.83. The van der Waals surface area contributed by atoms with Crippen LogP contribution < -0.4 is 5.73 Å². The number of thioether (sulfide) groups is 1. The minimum absolute atomic E-state index is 0.506. The molecule has 0 spiro atoms. The summed E-state index contributed by atoms with van der Waals surface area (Å²) >= 11 is 2.08. The topological polar surface area (TPSA) is 42.2 Å². The molecule has 1 aromatic heterocycles. The SMILES string of the molecule is CN(Cc1ccncc1)C(CN)C1CCCSC1. The lowest BCUT2D eigenvalue weighted by Gasteiger charge is -2.35. The van der Waals surface area contributed by atoms with E-state index in [4.69, 9.17) is 5.73 Å². The van der Waals surface area contributed by atoms with Crippen LogP contribution in [0.25, 0.3) is 0 Å². The number of hydrogen-bond donors (Lipinski definition) is 1. The highest BCUT2D eigenvalue weighted by Crippen LogP contribution is 2.27. The van der Waals surface area contributed by atoms with Crippen LogP contribution in [-0.2, 0) is 6.54 Å². The van der Waals surface area contributed by atoms with Crippen LogP contribution in [0, 0.1) is 5.92 Å². The highest BCUT2D eigenvalue weighted by atomic mass is 32.2. The highest BCUT2D eigenvalue weighted by molar-refractivity contribution is 7.99. The summed E-state index contributed by atoms with van der Waals surface area (Å²) in [6.07, 6.45) is 6.39. The minimum atomic E-state index is 0.506. The van der Waals surface area contributed by atoms with Crippen molar-refractivity contribution in [3.8, 4) is 0 Å². The zero-order chi connectivity index (χ0) is 12.8. The van der Waals surface area contributed by atoms with E-state index in [1.54, 1.807) is 0 Å². The molecule has 0 saturated carbocycles. The lowest BCUT2D eigenvalue weighted by atomic mass is 9.95. The summed E-state index contributed by atoms with van der Waals surface area (Å²) in [7, 11) is 2.19. The molecule has 100 valence electrons. The Kier molecular flexibility index (Phi) is 5.47. The molecule has 1 fully saturated rings. The number of pyridine rings is 1. The molecule has 1 saturated heterocycles. The van der Waals surface area contributed by atoms with Crippen LogP contribution in [0.1, 0.15) is 18.4 Å². The molecule has 1 aliphatic rings. The molecule has 1 aliphatic heterocycles. The lowest BCUT2D eigenvalue weighted by molar-refractivity contribution is 0.175. The Morgan fingerprint density at radius 3 is 2.89 bits per heavy atom. The van der Waals surface area contributed by atoms with Gasteiger partial charge in [0.15, 0.2) is 0 Å². The predicted octanol–water partition coefficient (Wildman–Crippen LogP) is 1.98. The molecule has 4 heteroatoms. The van der Waals surface area contributed by atoms with Gasteiger partial charge in [0.2, 0.25) is 0 Å². The molecule has 0 amide bonds. The van der Waals surface area contributed by atoms with Crippen molar-refractivity contribution < 1.29 is 0 Å². The average molecular weight is 265 g/mol. The van der Waals surface area contributed by atoms with E-state index >= 15 is 0 Å². The Morgan fingerprint density at radius 2 is 2.28 bits per heavy atom. The fourth-order valence-electron chi connectivity index (χ4n) is 2.69. The van der Waals surface area contributed by atoms with Crippen molar-refractivity contribution in [2.45, 2.75) is 25.4 Å². The summed E-state index contributed by atoms with van der Waals surface area (Å²) in [5.74, 6) is 3.34. The molecule has 0 radical (unpaired) electrons. The van der Waals surface area contributed by atoms with Gasteiger partial charge in [-0.15, -0.1) is 0 Å². The van der Waals surface area contributed by atoms with Crippen molar-refractivity contribution in [3.05, 3.63) is 30.1 Å². The Hall–Kier alpha value is -0.580. The molecule has 0 bridgehead atoms. The second-order valence-electron chi connectivity index (χ2n) is 5.05. The Bertz CT molecular complexity index is 338. The normalized spacial score (nSPS) is 22.1. The standard InChI is InChI=1S/C14H23N3S/c1-17(10-12-4-6-16-7-5-12)14(9-15)13-3-2-8-18-11-13/h4-7,13-14H,2-3,8-11,15H2,1H3. The van der Waals surface area contributed by atoms with Crippen molar-refractivity contribution in [1.29, 1.82) is 0 Å². The van der Waals surface area contributed by atoms with Gasteiger partial charge in [-0.3, -0.25) is 9.88 Å². The number of nitrogens with two attached hydrogens (primary N) is 1. The van der Waals surface area contributed by atoms with E-state index in [1.807, 2.05) is 12.4 Å². The van der Waals surface area contributed by atoms with Crippen LogP contribution in [0.4, 0.5) is 0 Å². The highest BCUT2D eigenvalue weighted by Gasteiger charge is 2.25. The van der Waals surface area contributed by atoms with Gasteiger partial charge < -0.3 is 5.73 Å². The fourth-order valence-corrected chi connectivity index (χ4v) is 3.92. The van der Waals surface area contributed by atoms with E-state index in [0.29, 0.717) is 6.04 Å². The smallest absolute Gasteiger partial charge is 0.0271 e. The van der Waals surface area contributed by atoms with E-state index in [0.717, 1.165) is 19.0 Å². The third-order valence-electron chi connectivity index (χ3n) is 3.73. The zero-order valence-corrected chi connectivity index (χ0v) is 11.9. The summed E-state index contributed by atoms with van der Waals surface area (Å²) in [6.45, 7) is 1.72. The second kappa shape index (κ2) is 7.12. The van der Waals surface area contributed by atoms with Crippen LogP contribution in [0.15, 0.2) is 24.5 Å². The van der Waals surface area contributed by atoms with Gasteiger partial charge in [-0.1, -0.05) is 0 Å². The molecular formula is C14H23N3S. The summed E-state index contributed by atoms with van der Waals surface area (Å²) in [5.41, 5.74) is 7.31. The van der Waals surface area contributed by atoms with E-state index in [1.165, 1.54) is 29.9 Å². The number of hydrogen-bond acceptors (Lipinski definition) is 4. The molecule has 2 atom stereocenters. The van der Waals surface area contributed by atoms with Crippen LogP contribution in [0.5, 0.6) is 0 Å². The van der Waals surface area contributed by atoms with Gasteiger partial charge in [-0.05, 0) is 55.0 Å². The Morgan fingerprint density at radius 1 is 1.50 bits per heavy atom. The summed E-state index contributed by atoms with van der Waals surface area (Å²) in [6, 6.07) is 4.67. The first-order chi connectivity index (χ1) is 8.81. The molecule has 0 aliphatic carbocycles. The zero-order valence-electron chi connectivity index (χ0n) is 11.1. The van der Waals surface area contributed by atoms with Gasteiger partial charge in [0.1, 0.15) is 0 Å². The number of aromatic nitrogens is 1. The maximum atomic E-state index is 5.99. The molecule has 18 heavy (non-hydrogen) atoms. The van der Waals surface area contributed by atoms with Crippen molar-refractivity contribution >= 4 is 11.8 Å². The van der Waals surface area contributed by atoms with Crippen molar-refractivity contribution in [2.75, 3.05) is 25.1 Å². The van der Waals surface area contributed by atoms with Crippen molar-refractivity contribution in [2.24, 2.45) is 11.7 Å². The third-order valence-corrected chi connectivity index (χ3v) is 4.97. The van der Waals surface area contributed by atoms with Gasteiger partial charge in [-0.25, -0.2) is 0 Å². The quantitative estimate of drug-likeness (QED) is 0.884. The summed E-state index contributed by atoms with van der Waals surface area (Å²) in [4.78, 5) is 6.47. The Labute approximate surface area is 114 Å². The second-order valence-corrected chi connectivity index (χ2v) is 6.20. The van der Waals surface area contributed by atoms with Gasteiger partial charge in [-0.2, -0.15) is 11.8 Å². The van der Waals surface area contributed by atoms with E-state index in [-0.39, 0.29) is 0 Å². The Balaban J connectivity index is 1.94. The summed E-state index contributed by atoms with van der Waals surface area (Å²) < 4.78 is 0. The first kappa shape index (κ1) is 13.8. The number of nitrogens with zero attached hydrogens (tertiary/aromatic N) is 2. The molecule has 2 N–H and O–H groups in total. The first-order valence-electron chi connectivity index (χ1n) is 6.68. The molecule has 2 rings (SSSR count). The van der Waals surface area contributed by atoms with Crippen LogP contribution in [0.2, 0.25) is 0 Å². The largest absolute Gasteiger partial charge is 0.329 e. The van der Waals surface area contributed by atoms with Crippen LogP contribution in [-0.4, -0.2) is 41.0 Å². The van der Waals surface area contributed by atoms with Gasteiger partial charge >= 0.3 is 0 Å². The molecule has 0 aromatic carbocycles. The van der Waals surface area contributed by atoms with E-state index < -0.39 is 0 Å². The minimum Gasteiger partial charge on any atom is -0.329 e. The number of rotatable bonds is 5. The van der Waals surface area contributed by atoms with Gasteiger partial charge in [0.25, 0.3) is 0 Å². The molecule has 2 unspecified atom stereocenters. The van der Waals surface area contributed by atoms with E-state index in [2.05, 4.69) is 40.8 Å². The molecule has 2 heterocycles. The summed E-state index contributed by atoms with van der Waals surface area (Å²) in [5, 5.41) is 0. The van der Waals surface area contributed by atoms with Crippen LogP contribution >= 0.6 is 11.8 Å². The fraction of sp³-hybridized carbons (Fsp3) is 0.643. The maximum Gasteiger partial charge on any atom is 0.0271 e. The third kappa shape index (κ3) is 3.70. The molecular weight excluding hydrogens is 242 g/mol.